The average molecular weight is 389 g/mol. The van der Waals surface area contributed by atoms with Gasteiger partial charge in [-0.3, -0.25) is 14.5 Å². The largest absolute Gasteiger partial charge is 0.497 e. The zero-order valence-electron chi connectivity index (χ0n) is 15.1. The van der Waals surface area contributed by atoms with E-state index in [1.807, 2.05) is 0 Å². The Bertz CT molecular complexity index is 682. The number of halogens is 3. The van der Waals surface area contributed by atoms with Gasteiger partial charge in [-0.25, -0.2) is 0 Å². The molecule has 1 fully saturated rings. The number of carbonyl (C=O) groups excluding carboxylic acids is 2. The zero-order valence-corrected chi connectivity index (χ0v) is 15.1. The van der Waals surface area contributed by atoms with Crippen LogP contribution in [0.3, 0.4) is 0 Å². The monoisotopic (exact) mass is 389 g/mol. The molecule has 0 spiro atoms. The normalized spacial score (nSPS) is 18.0. The van der Waals surface area contributed by atoms with Crippen molar-refractivity contribution in [1.29, 1.82) is 0 Å². The van der Waals surface area contributed by atoms with Crippen molar-refractivity contribution in [3.8, 4) is 11.5 Å². The SMILES string of the molecule is COc1ccc(CN2CCNC(=O)[C@@H]2CC(=O)NCC(F)(F)F)c(OC)c1. The van der Waals surface area contributed by atoms with E-state index >= 15 is 0 Å². The molecule has 0 radical (unpaired) electrons. The van der Waals surface area contributed by atoms with Crippen molar-refractivity contribution in [1.82, 2.24) is 15.5 Å². The molecule has 1 aromatic rings. The van der Waals surface area contributed by atoms with Crippen LogP contribution in [-0.4, -0.2) is 62.8 Å². The summed E-state index contributed by atoms with van der Waals surface area (Å²) in [4.78, 5) is 25.8. The van der Waals surface area contributed by atoms with Gasteiger partial charge in [0.1, 0.15) is 18.0 Å². The van der Waals surface area contributed by atoms with Gasteiger partial charge in [-0.15, -0.1) is 0 Å². The summed E-state index contributed by atoms with van der Waals surface area (Å²) in [6.07, 6.45) is -4.86. The second-order valence-corrected chi connectivity index (χ2v) is 6.05. The van der Waals surface area contributed by atoms with E-state index in [1.165, 1.54) is 14.2 Å². The van der Waals surface area contributed by atoms with Gasteiger partial charge in [-0.1, -0.05) is 6.07 Å². The molecule has 150 valence electrons. The standard InChI is InChI=1S/C17H22F3N3O4/c1-26-12-4-3-11(14(7-12)27-2)9-23-6-5-21-16(25)13(23)8-15(24)22-10-17(18,19)20/h3-4,7,13H,5-6,8-10H2,1-2H3,(H,21,25)(H,22,24)/t13-/m0/s1. The van der Waals surface area contributed by atoms with Gasteiger partial charge in [0, 0.05) is 31.3 Å². The number of piperazine rings is 1. The van der Waals surface area contributed by atoms with Crippen LogP contribution >= 0.6 is 0 Å². The number of methoxy groups -OCH3 is 2. The van der Waals surface area contributed by atoms with E-state index in [0.717, 1.165) is 5.56 Å². The van der Waals surface area contributed by atoms with Gasteiger partial charge >= 0.3 is 6.18 Å². The Morgan fingerprint density at radius 2 is 2.07 bits per heavy atom. The summed E-state index contributed by atoms with van der Waals surface area (Å²) in [5.41, 5.74) is 0.772. The van der Waals surface area contributed by atoms with Crippen molar-refractivity contribution in [3.63, 3.8) is 0 Å². The van der Waals surface area contributed by atoms with Gasteiger partial charge in [0.25, 0.3) is 0 Å². The van der Waals surface area contributed by atoms with Crippen molar-refractivity contribution in [2.45, 2.75) is 25.2 Å². The van der Waals surface area contributed by atoms with E-state index in [4.69, 9.17) is 9.47 Å². The molecule has 1 aliphatic rings. The molecule has 1 heterocycles. The second-order valence-electron chi connectivity index (χ2n) is 6.05. The van der Waals surface area contributed by atoms with Crippen molar-refractivity contribution >= 4 is 11.8 Å². The van der Waals surface area contributed by atoms with Crippen LogP contribution < -0.4 is 20.1 Å². The van der Waals surface area contributed by atoms with E-state index in [9.17, 15) is 22.8 Å². The van der Waals surface area contributed by atoms with Crippen LogP contribution in [0.2, 0.25) is 0 Å². The van der Waals surface area contributed by atoms with E-state index in [0.29, 0.717) is 31.1 Å². The first kappa shape index (κ1) is 20.8. The van der Waals surface area contributed by atoms with Gasteiger partial charge in [0.05, 0.1) is 26.7 Å². The number of hydrogen-bond donors (Lipinski definition) is 2. The molecule has 0 bridgehead atoms. The highest BCUT2D eigenvalue weighted by Crippen LogP contribution is 2.27. The van der Waals surface area contributed by atoms with Crippen molar-refractivity contribution in [2.75, 3.05) is 33.9 Å². The highest BCUT2D eigenvalue weighted by molar-refractivity contribution is 5.88. The number of alkyl halides is 3. The third-order valence-electron chi connectivity index (χ3n) is 4.17. The maximum absolute atomic E-state index is 12.3. The number of ether oxygens (including phenoxy) is 2. The summed E-state index contributed by atoms with van der Waals surface area (Å²) in [5.74, 6) is -0.0624. The molecular weight excluding hydrogens is 367 g/mol. The Labute approximate surface area is 154 Å². The molecule has 10 heteroatoms. The van der Waals surface area contributed by atoms with Crippen LogP contribution in [0, 0.1) is 0 Å². The summed E-state index contributed by atoms with van der Waals surface area (Å²) in [6, 6.07) is 4.36. The molecule has 2 amide bonds. The van der Waals surface area contributed by atoms with Crippen molar-refractivity contribution in [3.05, 3.63) is 23.8 Å². The molecule has 0 aromatic heterocycles. The van der Waals surface area contributed by atoms with Gasteiger partial charge in [0.2, 0.25) is 11.8 Å². The van der Waals surface area contributed by atoms with Crippen molar-refractivity contribution in [2.24, 2.45) is 0 Å². The molecule has 2 N–H and O–H groups in total. The van der Waals surface area contributed by atoms with E-state index in [2.05, 4.69) is 5.32 Å². The quantitative estimate of drug-likeness (QED) is 0.730. The minimum Gasteiger partial charge on any atom is -0.497 e. The van der Waals surface area contributed by atoms with Crippen LogP contribution in [-0.2, 0) is 16.1 Å². The maximum Gasteiger partial charge on any atom is 0.405 e. The number of nitrogens with zero attached hydrogens (tertiary/aromatic N) is 1. The predicted octanol–water partition coefficient (Wildman–Crippen LogP) is 1.07. The predicted molar refractivity (Wildman–Crippen MR) is 90.4 cm³/mol. The Morgan fingerprint density at radius 3 is 2.70 bits per heavy atom. The van der Waals surface area contributed by atoms with Crippen LogP contribution in [0.15, 0.2) is 18.2 Å². The van der Waals surface area contributed by atoms with E-state index in [1.54, 1.807) is 28.4 Å². The molecule has 0 unspecified atom stereocenters. The number of benzene rings is 1. The highest BCUT2D eigenvalue weighted by Gasteiger charge is 2.33. The lowest BCUT2D eigenvalue weighted by molar-refractivity contribution is -0.141. The molecule has 0 aliphatic carbocycles. The molecule has 27 heavy (non-hydrogen) atoms. The minimum atomic E-state index is -4.50. The van der Waals surface area contributed by atoms with Crippen molar-refractivity contribution < 1.29 is 32.2 Å². The fraction of sp³-hybridized carbons (Fsp3) is 0.529. The average Bonchev–Trinajstić information content (AvgIpc) is 2.62. The molecular formula is C17H22F3N3O4. The first-order chi connectivity index (χ1) is 12.7. The number of rotatable bonds is 7. The molecule has 7 nitrogen and oxygen atoms in total. The minimum absolute atomic E-state index is 0.303. The summed E-state index contributed by atoms with van der Waals surface area (Å²) in [6.45, 7) is -0.277. The molecule has 1 aromatic carbocycles. The molecule has 1 saturated heterocycles. The van der Waals surface area contributed by atoms with E-state index in [-0.39, 0.29) is 6.42 Å². The Morgan fingerprint density at radius 1 is 1.33 bits per heavy atom. The maximum atomic E-state index is 12.3. The zero-order chi connectivity index (χ0) is 20.0. The summed E-state index contributed by atoms with van der Waals surface area (Å²) in [7, 11) is 3.03. The van der Waals surface area contributed by atoms with Gasteiger partial charge in [-0.2, -0.15) is 13.2 Å². The summed E-state index contributed by atoms with van der Waals surface area (Å²) in [5, 5.41) is 4.44. The number of hydrogen-bond acceptors (Lipinski definition) is 5. The second kappa shape index (κ2) is 8.94. The van der Waals surface area contributed by atoms with Crippen LogP contribution in [0.1, 0.15) is 12.0 Å². The Hall–Kier alpha value is -2.49. The smallest absolute Gasteiger partial charge is 0.405 e. The van der Waals surface area contributed by atoms with Crippen LogP contribution in [0.4, 0.5) is 13.2 Å². The molecule has 1 atom stereocenters. The summed E-state index contributed by atoms with van der Waals surface area (Å²) < 4.78 is 47.2. The van der Waals surface area contributed by atoms with Gasteiger partial charge in [0.15, 0.2) is 0 Å². The topological polar surface area (TPSA) is 79.9 Å². The fourth-order valence-corrected chi connectivity index (χ4v) is 2.82. The summed E-state index contributed by atoms with van der Waals surface area (Å²) >= 11 is 0. The van der Waals surface area contributed by atoms with Gasteiger partial charge < -0.3 is 20.1 Å². The molecule has 1 aliphatic heterocycles. The Kier molecular flexibility index (Phi) is 6.89. The number of nitrogens with one attached hydrogen (secondary N) is 2. The van der Waals surface area contributed by atoms with Crippen LogP contribution in [0.25, 0.3) is 0 Å². The first-order valence-electron chi connectivity index (χ1n) is 8.29. The van der Waals surface area contributed by atoms with Gasteiger partial charge in [-0.05, 0) is 6.07 Å². The lowest BCUT2D eigenvalue weighted by Crippen LogP contribution is -2.56. The van der Waals surface area contributed by atoms with E-state index < -0.39 is 30.6 Å². The fourth-order valence-electron chi connectivity index (χ4n) is 2.82. The molecule has 0 saturated carbocycles. The van der Waals surface area contributed by atoms with Crippen LogP contribution in [0.5, 0.6) is 11.5 Å². The lowest BCUT2D eigenvalue weighted by Gasteiger charge is -2.35. The Balaban J connectivity index is 2.09. The third-order valence-corrected chi connectivity index (χ3v) is 4.17. The number of amides is 2. The molecule has 2 rings (SSSR count). The first-order valence-corrected chi connectivity index (χ1v) is 8.29. The number of carbonyl (C=O) groups is 2. The third kappa shape index (κ3) is 6.02. The highest BCUT2D eigenvalue weighted by atomic mass is 19.4. The lowest BCUT2D eigenvalue weighted by atomic mass is 10.1.